The molecule has 0 fully saturated rings. The summed E-state index contributed by atoms with van der Waals surface area (Å²) in [5.41, 5.74) is 11.4. The molecule has 0 saturated heterocycles. The van der Waals surface area contributed by atoms with Crippen LogP contribution in [0, 0.1) is 0 Å². The Bertz CT molecular complexity index is 432. The van der Waals surface area contributed by atoms with Gasteiger partial charge in [0.15, 0.2) is 0 Å². The summed E-state index contributed by atoms with van der Waals surface area (Å²) in [5.74, 6) is -0.289. The predicted octanol–water partition coefficient (Wildman–Crippen LogP) is 4.50. The molecule has 6 nitrogen and oxygen atoms in total. The Hall–Kier alpha value is -1.14. The smallest absolute Gasteiger partial charge is 0.239 e. The summed E-state index contributed by atoms with van der Waals surface area (Å²) in [6, 6.07) is -0.546. The molecular weight excluding hydrogens is 388 g/mol. The minimum absolute atomic E-state index is 0.0715. The van der Waals surface area contributed by atoms with E-state index in [-0.39, 0.29) is 18.4 Å². The van der Waals surface area contributed by atoms with Crippen LogP contribution in [0.25, 0.3) is 0 Å². The Kier molecular flexibility index (Phi) is 21.3. The Balaban J connectivity index is 3.48. The Labute approximate surface area is 192 Å². The molecule has 0 aromatic rings. The van der Waals surface area contributed by atoms with E-state index >= 15 is 0 Å². The molecule has 0 aliphatic carbocycles. The molecule has 0 saturated carbocycles. The van der Waals surface area contributed by atoms with Crippen LogP contribution in [0.2, 0.25) is 0 Å². The van der Waals surface area contributed by atoms with Crippen molar-refractivity contribution in [2.75, 3.05) is 26.7 Å². The molecule has 5 N–H and O–H groups in total. The van der Waals surface area contributed by atoms with Crippen molar-refractivity contribution in [3.63, 3.8) is 0 Å². The SMILES string of the molecule is CCCCCCCCCCCCCCCCNC(=O)CN(C)C(=O)C(N)CCCCN. The van der Waals surface area contributed by atoms with Crippen molar-refractivity contribution in [1.29, 1.82) is 0 Å². The zero-order valence-electron chi connectivity index (χ0n) is 20.6. The number of nitrogens with one attached hydrogen (secondary N) is 1. The van der Waals surface area contributed by atoms with Gasteiger partial charge in [-0.05, 0) is 25.8 Å². The van der Waals surface area contributed by atoms with Crippen LogP contribution in [0.3, 0.4) is 0 Å². The number of hydrogen-bond acceptors (Lipinski definition) is 4. The highest BCUT2D eigenvalue weighted by atomic mass is 16.2. The zero-order valence-corrected chi connectivity index (χ0v) is 20.6. The van der Waals surface area contributed by atoms with E-state index in [2.05, 4.69) is 12.2 Å². The lowest BCUT2D eigenvalue weighted by Gasteiger charge is -2.20. The summed E-state index contributed by atoms with van der Waals surface area (Å²) in [6.07, 6.45) is 20.8. The van der Waals surface area contributed by atoms with E-state index in [1.807, 2.05) is 0 Å². The van der Waals surface area contributed by atoms with Crippen molar-refractivity contribution in [3.8, 4) is 0 Å². The zero-order chi connectivity index (χ0) is 23.2. The Morgan fingerprint density at radius 2 is 1.26 bits per heavy atom. The molecule has 31 heavy (non-hydrogen) atoms. The molecule has 0 rings (SSSR count). The molecule has 0 heterocycles. The number of hydrogen-bond donors (Lipinski definition) is 3. The molecule has 184 valence electrons. The third kappa shape index (κ3) is 19.3. The molecule has 0 bridgehead atoms. The third-order valence-electron chi connectivity index (χ3n) is 5.90. The average Bonchev–Trinajstić information content (AvgIpc) is 2.75. The van der Waals surface area contributed by atoms with Crippen molar-refractivity contribution in [1.82, 2.24) is 10.2 Å². The molecule has 0 aromatic heterocycles. The maximum atomic E-state index is 12.2. The fourth-order valence-corrected chi connectivity index (χ4v) is 3.81. The molecule has 0 aliphatic heterocycles. The summed E-state index contributed by atoms with van der Waals surface area (Å²) < 4.78 is 0. The number of unbranched alkanes of at least 4 members (excludes halogenated alkanes) is 14. The molecule has 1 atom stereocenters. The van der Waals surface area contributed by atoms with E-state index in [0.29, 0.717) is 19.5 Å². The first-order chi connectivity index (χ1) is 15.0. The highest BCUT2D eigenvalue weighted by Gasteiger charge is 2.19. The van der Waals surface area contributed by atoms with Crippen LogP contribution in [0.4, 0.5) is 0 Å². The Morgan fingerprint density at radius 1 is 0.774 bits per heavy atom. The van der Waals surface area contributed by atoms with E-state index in [1.54, 1.807) is 7.05 Å². The van der Waals surface area contributed by atoms with E-state index in [1.165, 1.54) is 81.9 Å². The van der Waals surface area contributed by atoms with Gasteiger partial charge < -0.3 is 21.7 Å². The molecular formula is C25H52N4O2. The van der Waals surface area contributed by atoms with Gasteiger partial charge in [-0.2, -0.15) is 0 Å². The fourth-order valence-electron chi connectivity index (χ4n) is 3.81. The summed E-state index contributed by atoms with van der Waals surface area (Å²) >= 11 is 0. The third-order valence-corrected chi connectivity index (χ3v) is 5.90. The number of nitrogens with zero attached hydrogens (tertiary/aromatic N) is 1. The largest absolute Gasteiger partial charge is 0.355 e. The van der Waals surface area contributed by atoms with Gasteiger partial charge in [0.1, 0.15) is 0 Å². The fraction of sp³-hybridized carbons (Fsp3) is 0.920. The summed E-state index contributed by atoms with van der Waals surface area (Å²) in [7, 11) is 1.64. The molecule has 0 spiro atoms. The van der Waals surface area contributed by atoms with Gasteiger partial charge >= 0.3 is 0 Å². The van der Waals surface area contributed by atoms with Gasteiger partial charge in [-0.3, -0.25) is 9.59 Å². The number of carbonyl (C=O) groups is 2. The number of nitrogens with two attached hydrogens (primary N) is 2. The molecule has 2 amide bonds. The van der Waals surface area contributed by atoms with Gasteiger partial charge in [0.2, 0.25) is 11.8 Å². The topological polar surface area (TPSA) is 101 Å². The van der Waals surface area contributed by atoms with Crippen LogP contribution in [-0.4, -0.2) is 49.4 Å². The van der Waals surface area contributed by atoms with Gasteiger partial charge in [-0.15, -0.1) is 0 Å². The summed E-state index contributed by atoms with van der Waals surface area (Å²) in [6.45, 7) is 3.63. The predicted molar refractivity (Wildman–Crippen MR) is 132 cm³/mol. The van der Waals surface area contributed by atoms with Crippen molar-refractivity contribution in [2.45, 2.75) is 122 Å². The van der Waals surface area contributed by atoms with Crippen LogP contribution in [0.1, 0.15) is 116 Å². The van der Waals surface area contributed by atoms with Gasteiger partial charge in [0.05, 0.1) is 12.6 Å². The lowest BCUT2D eigenvalue weighted by Crippen LogP contribution is -2.46. The van der Waals surface area contributed by atoms with Crippen LogP contribution >= 0.6 is 0 Å². The monoisotopic (exact) mass is 440 g/mol. The molecule has 0 radical (unpaired) electrons. The normalized spacial score (nSPS) is 12.0. The first kappa shape index (κ1) is 29.9. The van der Waals surface area contributed by atoms with Crippen LogP contribution in [-0.2, 0) is 9.59 Å². The van der Waals surface area contributed by atoms with E-state index in [9.17, 15) is 9.59 Å². The van der Waals surface area contributed by atoms with Crippen molar-refractivity contribution >= 4 is 11.8 Å². The minimum Gasteiger partial charge on any atom is -0.355 e. The second-order valence-electron chi connectivity index (χ2n) is 9.03. The minimum atomic E-state index is -0.546. The number of carbonyl (C=O) groups excluding carboxylic acids is 2. The standard InChI is InChI=1S/C25H52N4O2/c1-3-4-5-6-7-8-9-10-11-12-13-14-15-18-21-28-24(30)22-29(2)25(31)23(27)19-16-17-20-26/h23H,3-22,26-27H2,1-2H3,(H,28,30). The maximum Gasteiger partial charge on any atom is 0.239 e. The highest BCUT2D eigenvalue weighted by molar-refractivity contribution is 5.87. The van der Waals surface area contributed by atoms with Gasteiger partial charge in [-0.1, -0.05) is 96.8 Å². The lowest BCUT2D eigenvalue weighted by molar-refractivity contribution is -0.135. The molecule has 6 heteroatoms. The lowest BCUT2D eigenvalue weighted by atomic mass is 10.0. The van der Waals surface area contributed by atoms with Crippen molar-refractivity contribution in [2.24, 2.45) is 11.5 Å². The number of amides is 2. The van der Waals surface area contributed by atoms with Crippen LogP contribution in [0.5, 0.6) is 0 Å². The highest BCUT2D eigenvalue weighted by Crippen LogP contribution is 2.12. The molecule has 0 aromatic carbocycles. The average molecular weight is 441 g/mol. The summed E-state index contributed by atoms with van der Waals surface area (Å²) in [4.78, 5) is 25.6. The van der Waals surface area contributed by atoms with E-state index in [4.69, 9.17) is 11.5 Å². The first-order valence-corrected chi connectivity index (χ1v) is 13.0. The van der Waals surface area contributed by atoms with Gasteiger partial charge in [0, 0.05) is 13.6 Å². The van der Waals surface area contributed by atoms with Gasteiger partial charge in [0.25, 0.3) is 0 Å². The van der Waals surface area contributed by atoms with Gasteiger partial charge in [-0.25, -0.2) is 0 Å². The summed E-state index contributed by atoms with van der Waals surface area (Å²) in [5, 5.41) is 2.91. The van der Waals surface area contributed by atoms with E-state index in [0.717, 1.165) is 25.7 Å². The number of likely N-dealkylation sites (N-methyl/N-ethyl adjacent to an activating group) is 1. The van der Waals surface area contributed by atoms with E-state index < -0.39 is 6.04 Å². The van der Waals surface area contributed by atoms with Crippen LogP contribution in [0.15, 0.2) is 0 Å². The second-order valence-corrected chi connectivity index (χ2v) is 9.03. The van der Waals surface area contributed by atoms with Crippen molar-refractivity contribution in [3.05, 3.63) is 0 Å². The second kappa shape index (κ2) is 22.1. The first-order valence-electron chi connectivity index (χ1n) is 13.0. The van der Waals surface area contributed by atoms with Crippen LogP contribution < -0.4 is 16.8 Å². The maximum absolute atomic E-state index is 12.2. The molecule has 0 aliphatic rings. The molecule has 1 unspecified atom stereocenters. The van der Waals surface area contributed by atoms with Crippen molar-refractivity contribution < 1.29 is 9.59 Å². The number of rotatable bonds is 22. The quantitative estimate of drug-likeness (QED) is 0.216. The Morgan fingerprint density at radius 3 is 1.74 bits per heavy atom.